The summed E-state index contributed by atoms with van der Waals surface area (Å²) in [6.45, 7) is 0. The molecule has 0 aliphatic carbocycles. The summed E-state index contributed by atoms with van der Waals surface area (Å²) in [6, 6.07) is 5.42. The summed E-state index contributed by atoms with van der Waals surface area (Å²) in [4.78, 5) is 33.5. The Balaban J connectivity index is 2.05. The Morgan fingerprint density at radius 1 is 1.39 bits per heavy atom. The molecule has 94 valence electrons. The fraction of sp³-hybridized carbons (Fsp3) is 0.250. The summed E-state index contributed by atoms with van der Waals surface area (Å²) in [6.07, 6.45) is 0.802. The average Bonchev–Trinajstić information content (AvgIpc) is 2.76. The van der Waals surface area contributed by atoms with E-state index in [0.29, 0.717) is 18.5 Å². The second-order valence-corrected chi connectivity index (χ2v) is 4.03. The third-order valence-corrected chi connectivity index (χ3v) is 2.69. The van der Waals surface area contributed by atoms with Crippen LogP contribution in [0.15, 0.2) is 24.3 Å². The minimum absolute atomic E-state index is 0.100. The Morgan fingerprint density at radius 2 is 2.17 bits per heavy atom. The lowest BCUT2D eigenvalue weighted by molar-refractivity contribution is -0.122. The van der Waals surface area contributed by atoms with Crippen LogP contribution < -0.4 is 10.6 Å². The van der Waals surface area contributed by atoms with Crippen molar-refractivity contribution in [2.24, 2.45) is 0 Å². The fourth-order valence-electron chi connectivity index (χ4n) is 1.77. The molecule has 6 heteroatoms. The van der Waals surface area contributed by atoms with Crippen molar-refractivity contribution in [1.82, 2.24) is 5.32 Å². The summed E-state index contributed by atoms with van der Waals surface area (Å²) in [5, 5.41) is 13.9. The molecule has 0 spiro atoms. The Morgan fingerprint density at radius 3 is 2.78 bits per heavy atom. The Bertz CT molecular complexity index is 513. The van der Waals surface area contributed by atoms with Crippen molar-refractivity contribution in [3.05, 3.63) is 29.8 Å². The van der Waals surface area contributed by atoms with Crippen molar-refractivity contribution < 1.29 is 19.5 Å². The Labute approximate surface area is 103 Å². The molecule has 1 aromatic carbocycles. The van der Waals surface area contributed by atoms with Crippen molar-refractivity contribution in [2.75, 3.05) is 5.32 Å². The van der Waals surface area contributed by atoms with Gasteiger partial charge >= 0.3 is 5.97 Å². The lowest BCUT2D eigenvalue weighted by Gasteiger charge is -2.11. The highest BCUT2D eigenvalue weighted by Gasteiger charge is 2.27. The normalized spacial score (nSPS) is 18.2. The summed E-state index contributed by atoms with van der Waals surface area (Å²) >= 11 is 0. The minimum atomic E-state index is -1.06. The van der Waals surface area contributed by atoms with Gasteiger partial charge in [0.1, 0.15) is 6.04 Å². The largest absolute Gasteiger partial charge is 0.478 e. The van der Waals surface area contributed by atoms with Crippen LogP contribution in [-0.4, -0.2) is 28.9 Å². The highest BCUT2D eigenvalue weighted by atomic mass is 16.4. The Kier molecular flexibility index (Phi) is 3.27. The molecule has 0 bridgehead atoms. The lowest BCUT2D eigenvalue weighted by Crippen LogP contribution is -2.37. The van der Waals surface area contributed by atoms with Gasteiger partial charge in [-0.15, -0.1) is 0 Å². The van der Waals surface area contributed by atoms with Gasteiger partial charge in [-0.1, -0.05) is 6.07 Å². The molecule has 1 atom stereocenters. The fourth-order valence-corrected chi connectivity index (χ4v) is 1.77. The van der Waals surface area contributed by atoms with Gasteiger partial charge in [0.2, 0.25) is 11.8 Å². The maximum atomic E-state index is 11.8. The molecule has 2 rings (SSSR count). The van der Waals surface area contributed by atoms with E-state index in [2.05, 4.69) is 10.6 Å². The standard InChI is InChI=1S/C12H12N2O4/c15-10-5-4-9(14-10)11(16)13-8-3-1-2-7(6-8)12(17)18/h1-3,6,9H,4-5H2,(H,13,16)(H,14,15)(H,17,18)/t9-/m1/s1. The number of hydrogen-bond acceptors (Lipinski definition) is 3. The third kappa shape index (κ3) is 2.65. The number of hydrogen-bond donors (Lipinski definition) is 3. The van der Waals surface area contributed by atoms with Crippen LogP contribution in [0.3, 0.4) is 0 Å². The van der Waals surface area contributed by atoms with Gasteiger partial charge in [-0.05, 0) is 24.6 Å². The van der Waals surface area contributed by atoms with Crippen LogP contribution in [0.2, 0.25) is 0 Å². The molecular formula is C12H12N2O4. The number of carboxylic acids is 1. The second-order valence-electron chi connectivity index (χ2n) is 4.03. The zero-order chi connectivity index (χ0) is 13.1. The van der Waals surface area contributed by atoms with Crippen LogP contribution in [0.1, 0.15) is 23.2 Å². The van der Waals surface area contributed by atoms with Crippen LogP contribution >= 0.6 is 0 Å². The summed E-state index contributed by atoms with van der Waals surface area (Å²) in [5.41, 5.74) is 0.504. The molecule has 6 nitrogen and oxygen atoms in total. The molecule has 1 aliphatic heterocycles. The first-order chi connectivity index (χ1) is 8.56. The molecule has 18 heavy (non-hydrogen) atoms. The third-order valence-electron chi connectivity index (χ3n) is 2.69. The lowest BCUT2D eigenvalue weighted by atomic mass is 10.2. The number of benzene rings is 1. The zero-order valence-corrected chi connectivity index (χ0v) is 9.47. The number of aromatic carboxylic acids is 1. The van der Waals surface area contributed by atoms with Gasteiger partial charge in [-0.2, -0.15) is 0 Å². The van der Waals surface area contributed by atoms with E-state index < -0.39 is 12.0 Å². The monoisotopic (exact) mass is 248 g/mol. The molecule has 1 heterocycles. The van der Waals surface area contributed by atoms with E-state index in [1.807, 2.05) is 0 Å². The van der Waals surface area contributed by atoms with E-state index in [4.69, 9.17) is 5.11 Å². The number of nitrogens with one attached hydrogen (secondary N) is 2. The molecular weight excluding hydrogens is 236 g/mol. The van der Waals surface area contributed by atoms with Crippen LogP contribution in [-0.2, 0) is 9.59 Å². The minimum Gasteiger partial charge on any atom is -0.478 e. The quantitative estimate of drug-likeness (QED) is 0.730. The first kappa shape index (κ1) is 12.1. The van der Waals surface area contributed by atoms with E-state index in [0.717, 1.165) is 0 Å². The number of carbonyl (C=O) groups excluding carboxylic acids is 2. The molecule has 2 amide bonds. The highest BCUT2D eigenvalue weighted by molar-refractivity contribution is 5.99. The molecule has 3 N–H and O–H groups in total. The molecule has 0 radical (unpaired) electrons. The summed E-state index contributed by atoms with van der Waals surface area (Å²) in [5.74, 6) is -1.53. The van der Waals surface area contributed by atoms with Crippen molar-refractivity contribution in [1.29, 1.82) is 0 Å². The number of carbonyl (C=O) groups is 3. The van der Waals surface area contributed by atoms with E-state index in [-0.39, 0.29) is 17.4 Å². The molecule has 1 aromatic rings. The predicted octanol–water partition coefficient (Wildman–Crippen LogP) is 0.602. The zero-order valence-electron chi connectivity index (χ0n) is 9.47. The van der Waals surface area contributed by atoms with Crippen molar-refractivity contribution in [3.8, 4) is 0 Å². The van der Waals surface area contributed by atoms with Crippen molar-refractivity contribution in [3.63, 3.8) is 0 Å². The van der Waals surface area contributed by atoms with Crippen LogP contribution in [0, 0.1) is 0 Å². The SMILES string of the molecule is O=C1CC[C@H](C(=O)Nc2cccc(C(=O)O)c2)N1. The molecule has 1 saturated heterocycles. The topological polar surface area (TPSA) is 95.5 Å². The average molecular weight is 248 g/mol. The van der Waals surface area contributed by atoms with E-state index >= 15 is 0 Å². The van der Waals surface area contributed by atoms with Gasteiger partial charge in [0, 0.05) is 12.1 Å². The van der Waals surface area contributed by atoms with Crippen molar-refractivity contribution >= 4 is 23.5 Å². The highest BCUT2D eigenvalue weighted by Crippen LogP contribution is 2.13. The summed E-state index contributed by atoms with van der Waals surface area (Å²) < 4.78 is 0. The number of rotatable bonds is 3. The van der Waals surface area contributed by atoms with Gasteiger partial charge in [0.05, 0.1) is 5.56 Å². The molecule has 1 aliphatic rings. The number of amides is 2. The molecule has 0 saturated carbocycles. The van der Waals surface area contributed by atoms with Gasteiger partial charge in [0.25, 0.3) is 0 Å². The second kappa shape index (κ2) is 4.87. The molecule has 1 fully saturated rings. The summed E-state index contributed by atoms with van der Waals surface area (Å²) in [7, 11) is 0. The first-order valence-corrected chi connectivity index (χ1v) is 5.50. The van der Waals surface area contributed by atoms with Crippen LogP contribution in [0.25, 0.3) is 0 Å². The van der Waals surface area contributed by atoms with E-state index in [1.54, 1.807) is 12.1 Å². The first-order valence-electron chi connectivity index (χ1n) is 5.50. The maximum Gasteiger partial charge on any atom is 0.335 e. The smallest absolute Gasteiger partial charge is 0.335 e. The van der Waals surface area contributed by atoms with E-state index in [9.17, 15) is 14.4 Å². The van der Waals surface area contributed by atoms with Gasteiger partial charge in [0.15, 0.2) is 0 Å². The van der Waals surface area contributed by atoms with Gasteiger partial charge < -0.3 is 15.7 Å². The predicted molar refractivity (Wildman–Crippen MR) is 63.2 cm³/mol. The number of carboxylic acid groups (broad SMARTS) is 1. The van der Waals surface area contributed by atoms with Gasteiger partial charge in [-0.3, -0.25) is 9.59 Å². The maximum absolute atomic E-state index is 11.8. The van der Waals surface area contributed by atoms with E-state index in [1.165, 1.54) is 12.1 Å². The van der Waals surface area contributed by atoms with Crippen molar-refractivity contribution in [2.45, 2.75) is 18.9 Å². The van der Waals surface area contributed by atoms with Gasteiger partial charge in [-0.25, -0.2) is 4.79 Å². The number of anilines is 1. The molecule has 0 aromatic heterocycles. The molecule has 0 unspecified atom stereocenters. The Hall–Kier alpha value is -2.37. The van der Waals surface area contributed by atoms with Crippen LogP contribution in [0.4, 0.5) is 5.69 Å². The van der Waals surface area contributed by atoms with Crippen LogP contribution in [0.5, 0.6) is 0 Å².